The molecule has 1 nitrogen and oxygen atoms in total. The minimum atomic E-state index is 0.749. The van der Waals surface area contributed by atoms with Crippen molar-refractivity contribution in [2.24, 2.45) is 11.8 Å². The monoisotopic (exact) mass is 151 g/mol. The summed E-state index contributed by atoms with van der Waals surface area (Å²) < 4.78 is 0. The summed E-state index contributed by atoms with van der Waals surface area (Å²) in [4.78, 5) is 2.77. The molecule has 62 valence electrons. The van der Waals surface area contributed by atoms with Crippen molar-refractivity contribution in [1.82, 2.24) is 4.90 Å². The average molecular weight is 151 g/mol. The molecular formula is C10H17N. The van der Waals surface area contributed by atoms with Crippen LogP contribution in [-0.2, 0) is 0 Å². The van der Waals surface area contributed by atoms with Crippen LogP contribution in [0.4, 0.5) is 0 Å². The van der Waals surface area contributed by atoms with Gasteiger partial charge in [0.2, 0.25) is 0 Å². The lowest BCUT2D eigenvalue weighted by atomic mass is 9.58. The zero-order valence-corrected chi connectivity index (χ0v) is 7.51. The molecule has 11 heavy (non-hydrogen) atoms. The minimum Gasteiger partial charge on any atom is -0.294 e. The molecule has 0 aromatic rings. The number of nitrogens with zero attached hydrogens (tertiary/aromatic N) is 1. The Labute approximate surface area is 68.8 Å². The molecule has 2 heterocycles. The first-order valence-electron chi connectivity index (χ1n) is 5.01. The van der Waals surface area contributed by atoms with Crippen molar-refractivity contribution in [2.75, 3.05) is 6.54 Å². The first kappa shape index (κ1) is 6.47. The minimum absolute atomic E-state index is 0.749. The Kier molecular flexibility index (Phi) is 0.976. The molecular weight excluding hydrogens is 134 g/mol. The Balaban J connectivity index is 1.92. The van der Waals surface area contributed by atoms with Crippen molar-refractivity contribution in [3.05, 3.63) is 0 Å². The van der Waals surface area contributed by atoms with Crippen molar-refractivity contribution in [3.63, 3.8) is 0 Å². The standard InChI is InChI=1S/C10H17N/c1-7-6-11-8(2)5-10(11)4-3-9(7)10/h7-9H,3-6H2,1-2H3/t7-,8+,9?,10?/m1/s1. The van der Waals surface area contributed by atoms with E-state index in [1.165, 1.54) is 25.8 Å². The molecule has 1 spiro atoms. The molecule has 2 unspecified atom stereocenters. The maximum Gasteiger partial charge on any atom is 0.0258 e. The number of rotatable bonds is 0. The second kappa shape index (κ2) is 1.66. The first-order chi connectivity index (χ1) is 5.24. The van der Waals surface area contributed by atoms with Gasteiger partial charge in [0, 0.05) is 18.1 Å². The Hall–Kier alpha value is -0.0400. The van der Waals surface area contributed by atoms with Crippen LogP contribution in [0.25, 0.3) is 0 Å². The van der Waals surface area contributed by atoms with E-state index in [1.807, 2.05) is 0 Å². The highest BCUT2D eigenvalue weighted by atomic mass is 15.3. The summed E-state index contributed by atoms with van der Waals surface area (Å²) in [6.45, 7) is 6.22. The number of hydrogen-bond donors (Lipinski definition) is 0. The molecule has 3 rings (SSSR count). The fourth-order valence-corrected chi connectivity index (χ4v) is 3.93. The fraction of sp³-hybridized carbons (Fsp3) is 1.00. The quantitative estimate of drug-likeness (QED) is 0.511. The average Bonchev–Trinajstić information content (AvgIpc) is 2.05. The highest BCUT2D eigenvalue weighted by Gasteiger charge is 2.64. The number of hydrogen-bond acceptors (Lipinski definition) is 1. The van der Waals surface area contributed by atoms with Gasteiger partial charge in [-0.25, -0.2) is 0 Å². The van der Waals surface area contributed by atoms with Gasteiger partial charge in [0.05, 0.1) is 0 Å². The molecule has 2 aliphatic heterocycles. The molecule has 0 N–H and O–H groups in total. The van der Waals surface area contributed by atoms with Crippen LogP contribution in [0.1, 0.15) is 33.1 Å². The molecule has 2 saturated heterocycles. The van der Waals surface area contributed by atoms with E-state index < -0.39 is 0 Å². The molecule has 0 aromatic carbocycles. The topological polar surface area (TPSA) is 3.24 Å². The largest absolute Gasteiger partial charge is 0.294 e. The summed E-state index contributed by atoms with van der Waals surface area (Å²) in [6, 6.07) is 0.905. The molecule has 3 aliphatic rings. The Morgan fingerprint density at radius 3 is 2.64 bits per heavy atom. The van der Waals surface area contributed by atoms with E-state index in [9.17, 15) is 0 Å². The molecule has 4 atom stereocenters. The van der Waals surface area contributed by atoms with Gasteiger partial charge in [0.15, 0.2) is 0 Å². The van der Waals surface area contributed by atoms with E-state index in [2.05, 4.69) is 18.7 Å². The van der Waals surface area contributed by atoms with Crippen molar-refractivity contribution in [3.8, 4) is 0 Å². The van der Waals surface area contributed by atoms with E-state index in [4.69, 9.17) is 0 Å². The molecule has 0 aromatic heterocycles. The summed E-state index contributed by atoms with van der Waals surface area (Å²) in [5.74, 6) is 2.08. The lowest BCUT2D eigenvalue weighted by molar-refractivity contribution is -0.108. The molecule has 1 saturated carbocycles. The third-order valence-electron chi connectivity index (χ3n) is 4.50. The first-order valence-corrected chi connectivity index (χ1v) is 5.01. The van der Waals surface area contributed by atoms with Gasteiger partial charge in [0.1, 0.15) is 0 Å². The van der Waals surface area contributed by atoms with Crippen LogP contribution in [0.5, 0.6) is 0 Å². The molecule has 3 fully saturated rings. The third kappa shape index (κ3) is 0.516. The Morgan fingerprint density at radius 2 is 2.18 bits per heavy atom. The second-order valence-corrected chi connectivity index (χ2v) is 4.93. The predicted octanol–water partition coefficient (Wildman–Crippen LogP) is 1.88. The van der Waals surface area contributed by atoms with Gasteiger partial charge in [0.25, 0.3) is 0 Å². The Morgan fingerprint density at radius 1 is 1.36 bits per heavy atom. The lowest BCUT2D eigenvalue weighted by Crippen LogP contribution is -2.67. The van der Waals surface area contributed by atoms with Crippen molar-refractivity contribution in [2.45, 2.75) is 44.7 Å². The van der Waals surface area contributed by atoms with Crippen LogP contribution >= 0.6 is 0 Å². The van der Waals surface area contributed by atoms with Crippen molar-refractivity contribution in [1.29, 1.82) is 0 Å². The Bertz CT molecular complexity index is 201. The summed E-state index contributed by atoms with van der Waals surface area (Å²) in [6.07, 6.45) is 4.53. The van der Waals surface area contributed by atoms with Gasteiger partial charge >= 0.3 is 0 Å². The van der Waals surface area contributed by atoms with Gasteiger partial charge in [-0.2, -0.15) is 0 Å². The van der Waals surface area contributed by atoms with E-state index >= 15 is 0 Å². The summed E-state index contributed by atoms with van der Waals surface area (Å²) >= 11 is 0. The van der Waals surface area contributed by atoms with Crippen LogP contribution in [0.3, 0.4) is 0 Å². The highest BCUT2D eigenvalue weighted by Crippen LogP contribution is 2.61. The van der Waals surface area contributed by atoms with Gasteiger partial charge in [-0.05, 0) is 38.0 Å². The third-order valence-corrected chi connectivity index (χ3v) is 4.50. The van der Waals surface area contributed by atoms with Crippen molar-refractivity contribution >= 4 is 0 Å². The van der Waals surface area contributed by atoms with Crippen LogP contribution in [0, 0.1) is 11.8 Å². The van der Waals surface area contributed by atoms with Crippen LogP contribution in [0.15, 0.2) is 0 Å². The van der Waals surface area contributed by atoms with E-state index in [0.717, 1.165) is 23.4 Å². The molecule has 0 bridgehead atoms. The highest BCUT2D eigenvalue weighted by molar-refractivity contribution is 5.19. The zero-order chi connectivity index (χ0) is 7.64. The van der Waals surface area contributed by atoms with E-state index in [0.29, 0.717) is 0 Å². The maximum atomic E-state index is 2.77. The predicted molar refractivity (Wildman–Crippen MR) is 45.4 cm³/mol. The van der Waals surface area contributed by atoms with Crippen LogP contribution in [-0.4, -0.2) is 23.0 Å². The second-order valence-electron chi connectivity index (χ2n) is 4.93. The summed E-state index contributed by atoms with van der Waals surface area (Å²) in [5.41, 5.74) is 0.749. The lowest BCUT2D eigenvalue weighted by Gasteiger charge is -2.62. The van der Waals surface area contributed by atoms with Crippen LogP contribution < -0.4 is 0 Å². The van der Waals surface area contributed by atoms with E-state index in [1.54, 1.807) is 0 Å². The van der Waals surface area contributed by atoms with E-state index in [-0.39, 0.29) is 0 Å². The van der Waals surface area contributed by atoms with Gasteiger partial charge in [-0.3, -0.25) is 4.90 Å². The van der Waals surface area contributed by atoms with Gasteiger partial charge in [-0.15, -0.1) is 0 Å². The van der Waals surface area contributed by atoms with Crippen molar-refractivity contribution < 1.29 is 0 Å². The molecule has 1 aliphatic carbocycles. The smallest absolute Gasteiger partial charge is 0.0258 e. The molecule has 0 amide bonds. The van der Waals surface area contributed by atoms with Gasteiger partial charge < -0.3 is 0 Å². The summed E-state index contributed by atoms with van der Waals surface area (Å²) in [7, 11) is 0. The molecule has 0 radical (unpaired) electrons. The summed E-state index contributed by atoms with van der Waals surface area (Å²) in [5, 5.41) is 0. The SMILES string of the molecule is C[C@@H]1CN2[C@@H](C)CC23CCC13. The maximum absolute atomic E-state index is 2.77. The normalized spacial score (nSPS) is 61.1. The van der Waals surface area contributed by atoms with Gasteiger partial charge in [-0.1, -0.05) is 6.92 Å². The van der Waals surface area contributed by atoms with Crippen LogP contribution in [0.2, 0.25) is 0 Å². The fourth-order valence-electron chi connectivity index (χ4n) is 3.93. The molecule has 1 heteroatoms. The zero-order valence-electron chi connectivity index (χ0n) is 7.51.